The number of aromatic nitrogens is 2. The number of hydrogen-bond acceptors (Lipinski definition) is 3. The topological polar surface area (TPSA) is 46.1 Å². The highest BCUT2D eigenvalue weighted by Gasteiger charge is 2.34. The molecule has 0 aliphatic heterocycles. The van der Waals surface area contributed by atoms with Gasteiger partial charge in [-0.1, -0.05) is 0 Å². The Morgan fingerprint density at radius 2 is 2.00 bits per heavy atom. The lowest BCUT2D eigenvalue weighted by atomic mass is 10.2. The monoisotopic (exact) mass is 271 g/mol. The fraction of sp³-hybridized carbons (Fsp3) is 0.267. The van der Waals surface area contributed by atoms with Gasteiger partial charge in [0, 0.05) is 31.2 Å². The molecule has 0 N–H and O–H groups in total. The Morgan fingerprint density at radius 1 is 1.25 bits per heavy atom. The lowest BCUT2D eigenvalue weighted by molar-refractivity contribution is 0.0724. The van der Waals surface area contributed by atoms with Crippen molar-refractivity contribution in [3.05, 3.63) is 59.9 Å². The van der Waals surface area contributed by atoms with Gasteiger partial charge >= 0.3 is 0 Å². The first kappa shape index (κ1) is 12.7. The maximum Gasteiger partial charge on any atom is 0.259 e. The predicted molar refractivity (Wildman–Crippen MR) is 71.3 cm³/mol. The summed E-state index contributed by atoms with van der Waals surface area (Å²) in [6.45, 7) is 0.473. The summed E-state index contributed by atoms with van der Waals surface area (Å²) < 4.78 is 13.7. The van der Waals surface area contributed by atoms with Gasteiger partial charge in [-0.15, -0.1) is 0 Å². The zero-order valence-corrected chi connectivity index (χ0v) is 10.9. The number of nitrogens with zero attached hydrogens (tertiary/aromatic N) is 3. The van der Waals surface area contributed by atoms with Gasteiger partial charge in [0.15, 0.2) is 0 Å². The molecule has 2 heterocycles. The van der Waals surface area contributed by atoms with Crippen LogP contribution < -0.4 is 0 Å². The van der Waals surface area contributed by atoms with Gasteiger partial charge in [0.1, 0.15) is 0 Å². The van der Waals surface area contributed by atoms with Crippen LogP contribution in [0, 0.1) is 5.95 Å². The minimum absolute atomic E-state index is 0.0356. The van der Waals surface area contributed by atoms with Crippen molar-refractivity contribution in [2.75, 3.05) is 0 Å². The molecule has 0 spiro atoms. The Labute approximate surface area is 116 Å². The van der Waals surface area contributed by atoms with Crippen LogP contribution in [0.4, 0.5) is 4.39 Å². The molecule has 1 aliphatic rings. The van der Waals surface area contributed by atoms with E-state index in [0.29, 0.717) is 6.54 Å². The van der Waals surface area contributed by atoms with Crippen LogP contribution in [0.5, 0.6) is 0 Å². The SMILES string of the molecule is O=C(c1cccnc1F)N(Cc1ccncc1)C1CC1. The highest BCUT2D eigenvalue weighted by molar-refractivity contribution is 5.94. The Kier molecular flexibility index (Phi) is 3.41. The molecule has 0 aromatic carbocycles. The zero-order valence-electron chi connectivity index (χ0n) is 10.9. The van der Waals surface area contributed by atoms with Gasteiger partial charge in [-0.25, -0.2) is 4.98 Å². The van der Waals surface area contributed by atoms with E-state index in [2.05, 4.69) is 9.97 Å². The first-order valence-corrected chi connectivity index (χ1v) is 6.56. The van der Waals surface area contributed by atoms with Gasteiger partial charge in [-0.05, 0) is 42.7 Å². The van der Waals surface area contributed by atoms with E-state index >= 15 is 0 Å². The van der Waals surface area contributed by atoms with Crippen molar-refractivity contribution in [2.24, 2.45) is 0 Å². The molecular formula is C15H14FN3O. The third-order valence-electron chi connectivity index (χ3n) is 3.34. The summed E-state index contributed by atoms with van der Waals surface area (Å²) in [4.78, 5) is 21.7. The van der Waals surface area contributed by atoms with Crippen molar-refractivity contribution < 1.29 is 9.18 Å². The van der Waals surface area contributed by atoms with Crippen molar-refractivity contribution in [3.8, 4) is 0 Å². The van der Waals surface area contributed by atoms with Gasteiger partial charge in [0.2, 0.25) is 5.95 Å². The smallest absolute Gasteiger partial charge is 0.259 e. The van der Waals surface area contributed by atoms with Gasteiger partial charge in [-0.2, -0.15) is 4.39 Å². The molecule has 1 aliphatic carbocycles. The number of carbonyl (C=O) groups excluding carboxylic acids is 1. The zero-order chi connectivity index (χ0) is 13.9. The second-order valence-corrected chi connectivity index (χ2v) is 4.86. The van der Waals surface area contributed by atoms with Crippen LogP contribution in [0.3, 0.4) is 0 Å². The summed E-state index contributed by atoms with van der Waals surface area (Å²) >= 11 is 0. The molecule has 1 fully saturated rings. The van der Waals surface area contributed by atoms with E-state index in [-0.39, 0.29) is 17.5 Å². The largest absolute Gasteiger partial charge is 0.331 e. The van der Waals surface area contributed by atoms with Crippen LogP contribution in [0.25, 0.3) is 0 Å². The number of carbonyl (C=O) groups is 1. The molecule has 102 valence electrons. The van der Waals surface area contributed by atoms with Crippen molar-refractivity contribution in [1.82, 2.24) is 14.9 Å². The third kappa shape index (κ3) is 2.66. The Hall–Kier alpha value is -2.30. The first-order valence-electron chi connectivity index (χ1n) is 6.56. The molecule has 20 heavy (non-hydrogen) atoms. The number of halogens is 1. The Bertz CT molecular complexity index is 614. The maximum atomic E-state index is 13.7. The molecule has 0 saturated heterocycles. The molecule has 5 heteroatoms. The fourth-order valence-corrected chi connectivity index (χ4v) is 2.14. The maximum absolute atomic E-state index is 13.7. The standard InChI is InChI=1S/C15H14FN3O/c16-14-13(2-1-7-18-14)15(20)19(12-3-4-12)10-11-5-8-17-9-6-11/h1-2,5-9,12H,3-4,10H2. The van der Waals surface area contributed by atoms with E-state index in [4.69, 9.17) is 0 Å². The summed E-state index contributed by atoms with van der Waals surface area (Å²) in [5, 5.41) is 0. The minimum atomic E-state index is -0.710. The summed E-state index contributed by atoms with van der Waals surface area (Å²) in [5.74, 6) is -1.01. The Balaban J connectivity index is 1.84. The van der Waals surface area contributed by atoms with Crippen molar-refractivity contribution in [3.63, 3.8) is 0 Å². The van der Waals surface area contributed by atoms with E-state index in [1.54, 1.807) is 23.4 Å². The molecule has 0 bridgehead atoms. The molecule has 3 rings (SSSR count). The minimum Gasteiger partial charge on any atom is -0.331 e. The van der Waals surface area contributed by atoms with Crippen LogP contribution in [0.2, 0.25) is 0 Å². The lowest BCUT2D eigenvalue weighted by Crippen LogP contribution is -2.33. The molecule has 4 nitrogen and oxygen atoms in total. The summed E-state index contributed by atoms with van der Waals surface area (Å²) in [6.07, 6.45) is 6.67. The van der Waals surface area contributed by atoms with Crippen LogP contribution in [-0.2, 0) is 6.54 Å². The average molecular weight is 271 g/mol. The summed E-state index contributed by atoms with van der Waals surface area (Å²) in [6, 6.07) is 6.99. The number of hydrogen-bond donors (Lipinski definition) is 0. The molecular weight excluding hydrogens is 257 g/mol. The fourth-order valence-electron chi connectivity index (χ4n) is 2.14. The second kappa shape index (κ2) is 5.36. The third-order valence-corrected chi connectivity index (χ3v) is 3.34. The van der Waals surface area contributed by atoms with Crippen LogP contribution in [0.1, 0.15) is 28.8 Å². The average Bonchev–Trinajstić information content (AvgIpc) is 3.30. The normalized spacial score (nSPS) is 14.1. The van der Waals surface area contributed by atoms with Gasteiger partial charge < -0.3 is 4.90 Å². The van der Waals surface area contributed by atoms with E-state index in [1.807, 2.05) is 12.1 Å². The van der Waals surface area contributed by atoms with Gasteiger partial charge in [0.25, 0.3) is 5.91 Å². The molecule has 0 atom stereocenters. The highest BCUT2D eigenvalue weighted by atomic mass is 19.1. The first-order chi connectivity index (χ1) is 9.75. The molecule has 0 radical (unpaired) electrons. The predicted octanol–water partition coefficient (Wildman–Crippen LogP) is 2.42. The second-order valence-electron chi connectivity index (χ2n) is 4.86. The van der Waals surface area contributed by atoms with E-state index in [0.717, 1.165) is 18.4 Å². The number of rotatable bonds is 4. The summed E-state index contributed by atoms with van der Waals surface area (Å²) in [7, 11) is 0. The summed E-state index contributed by atoms with van der Waals surface area (Å²) in [5.41, 5.74) is 1.03. The Morgan fingerprint density at radius 3 is 2.65 bits per heavy atom. The lowest BCUT2D eigenvalue weighted by Gasteiger charge is -2.22. The van der Waals surface area contributed by atoms with Crippen molar-refractivity contribution in [1.29, 1.82) is 0 Å². The van der Waals surface area contributed by atoms with E-state index < -0.39 is 5.95 Å². The quantitative estimate of drug-likeness (QED) is 0.802. The van der Waals surface area contributed by atoms with Crippen molar-refractivity contribution >= 4 is 5.91 Å². The van der Waals surface area contributed by atoms with Gasteiger partial charge in [-0.3, -0.25) is 9.78 Å². The van der Waals surface area contributed by atoms with Crippen LogP contribution >= 0.6 is 0 Å². The molecule has 2 aromatic heterocycles. The van der Waals surface area contributed by atoms with Crippen LogP contribution in [-0.4, -0.2) is 26.8 Å². The van der Waals surface area contributed by atoms with Crippen LogP contribution in [0.15, 0.2) is 42.9 Å². The van der Waals surface area contributed by atoms with Crippen molar-refractivity contribution in [2.45, 2.75) is 25.4 Å². The van der Waals surface area contributed by atoms with E-state index in [9.17, 15) is 9.18 Å². The molecule has 1 saturated carbocycles. The highest BCUT2D eigenvalue weighted by Crippen LogP contribution is 2.30. The number of amides is 1. The van der Waals surface area contributed by atoms with Gasteiger partial charge in [0.05, 0.1) is 5.56 Å². The van der Waals surface area contributed by atoms with E-state index in [1.165, 1.54) is 12.3 Å². The number of pyridine rings is 2. The molecule has 1 amide bonds. The molecule has 2 aromatic rings. The molecule has 0 unspecified atom stereocenters.